The van der Waals surface area contributed by atoms with E-state index in [4.69, 9.17) is 20.8 Å². The Morgan fingerprint density at radius 1 is 1.21 bits per heavy atom. The van der Waals surface area contributed by atoms with E-state index in [2.05, 4.69) is 15.1 Å². The monoisotopic (exact) mass is 416 g/mol. The molecule has 4 rings (SSSR count). The van der Waals surface area contributed by atoms with Crippen LogP contribution >= 0.6 is 11.6 Å². The molecule has 0 aliphatic rings. The summed E-state index contributed by atoms with van der Waals surface area (Å²) in [6.45, 7) is 0.695. The summed E-state index contributed by atoms with van der Waals surface area (Å²) in [5, 5.41) is 4.74. The highest BCUT2D eigenvalue weighted by Crippen LogP contribution is 2.17. The largest absolute Gasteiger partial charge is 0.493 e. The molecule has 0 aliphatic carbocycles. The van der Waals surface area contributed by atoms with Crippen LogP contribution in [0.2, 0.25) is 5.02 Å². The summed E-state index contributed by atoms with van der Waals surface area (Å²) in [5.74, 6) is 0.185. The van der Waals surface area contributed by atoms with Crippen LogP contribution < -0.4 is 16.1 Å². The quantitative estimate of drug-likeness (QED) is 0.419. The van der Waals surface area contributed by atoms with Crippen molar-refractivity contribution in [1.82, 2.24) is 28.9 Å². The molecule has 1 aromatic carbocycles. The summed E-state index contributed by atoms with van der Waals surface area (Å²) in [7, 11) is 1.71. The Labute approximate surface area is 168 Å². The fraction of sp³-hybridized carbons (Fsp3) is 0.278. The first-order valence-corrected chi connectivity index (χ1v) is 9.21. The van der Waals surface area contributed by atoms with Crippen molar-refractivity contribution in [2.45, 2.75) is 19.5 Å². The first kappa shape index (κ1) is 18.9. The molecule has 3 aromatic heterocycles. The fourth-order valence-corrected chi connectivity index (χ4v) is 3.03. The van der Waals surface area contributed by atoms with Gasteiger partial charge in [-0.3, -0.25) is 9.36 Å². The van der Waals surface area contributed by atoms with E-state index in [0.717, 1.165) is 0 Å². The number of hydrogen-bond acceptors (Lipinski definition) is 7. The third-order valence-electron chi connectivity index (χ3n) is 4.23. The number of rotatable bonds is 7. The first-order valence-electron chi connectivity index (χ1n) is 8.83. The van der Waals surface area contributed by atoms with Gasteiger partial charge in [0.25, 0.3) is 5.56 Å². The first-order chi connectivity index (χ1) is 14.0. The molecule has 29 heavy (non-hydrogen) atoms. The van der Waals surface area contributed by atoms with Gasteiger partial charge in [-0.15, -0.1) is 5.10 Å². The SMILES string of the molecule is Cn1cnc2ncn(Cc3nn(CCCOc4cccc(Cl)c4)c(=O)o3)c(=O)c21. The number of halogens is 1. The molecule has 0 bridgehead atoms. The van der Waals surface area contributed by atoms with Crippen molar-refractivity contribution in [2.24, 2.45) is 7.05 Å². The molecule has 0 N–H and O–H groups in total. The third kappa shape index (κ3) is 4.06. The topological polar surface area (TPSA) is 110 Å². The van der Waals surface area contributed by atoms with E-state index in [9.17, 15) is 9.59 Å². The van der Waals surface area contributed by atoms with Crippen molar-refractivity contribution in [3.8, 4) is 5.75 Å². The van der Waals surface area contributed by atoms with Gasteiger partial charge in [-0.05, 0) is 18.2 Å². The number of benzene rings is 1. The van der Waals surface area contributed by atoms with Crippen LogP contribution in [0.4, 0.5) is 0 Å². The van der Waals surface area contributed by atoms with E-state index < -0.39 is 5.76 Å². The van der Waals surface area contributed by atoms with Gasteiger partial charge in [0, 0.05) is 18.5 Å². The highest BCUT2D eigenvalue weighted by molar-refractivity contribution is 6.30. The minimum atomic E-state index is -0.592. The van der Waals surface area contributed by atoms with E-state index in [0.29, 0.717) is 41.5 Å². The summed E-state index contributed by atoms with van der Waals surface area (Å²) in [4.78, 5) is 32.7. The van der Waals surface area contributed by atoms with Crippen LogP contribution in [-0.4, -0.2) is 35.5 Å². The predicted octanol–water partition coefficient (Wildman–Crippen LogP) is 1.45. The molecule has 150 valence electrons. The number of aromatic nitrogens is 6. The molecule has 0 saturated heterocycles. The lowest BCUT2D eigenvalue weighted by atomic mass is 10.3. The fourth-order valence-electron chi connectivity index (χ4n) is 2.85. The molecule has 0 unspecified atom stereocenters. The lowest BCUT2D eigenvalue weighted by Crippen LogP contribution is -2.22. The van der Waals surface area contributed by atoms with Gasteiger partial charge in [0.1, 0.15) is 18.6 Å². The second-order valence-corrected chi connectivity index (χ2v) is 6.79. The van der Waals surface area contributed by atoms with Crippen LogP contribution in [0.3, 0.4) is 0 Å². The van der Waals surface area contributed by atoms with Gasteiger partial charge in [0.05, 0.1) is 19.5 Å². The van der Waals surface area contributed by atoms with Crippen LogP contribution in [0, 0.1) is 0 Å². The van der Waals surface area contributed by atoms with Gasteiger partial charge in [0.15, 0.2) is 11.2 Å². The highest BCUT2D eigenvalue weighted by atomic mass is 35.5. The van der Waals surface area contributed by atoms with Gasteiger partial charge < -0.3 is 13.7 Å². The van der Waals surface area contributed by atoms with Crippen molar-refractivity contribution >= 4 is 22.8 Å². The molecule has 11 heteroatoms. The van der Waals surface area contributed by atoms with Gasteiger partial charge >= 0.3 is 5.76 Å². The van der Waals surface area contributed by atoms with Crippen molar-refractivity contribution in [2.75, 3.05) is 6.61 Å². The summed E-state index contributed by atoms with van der Waals surface area (Å²) in [6.07, 6.45) is 3.42. The van der Waals surface area contributed by atoms with Crippen LogP contribution in [0.1, 0.15) is 12.3 Å². The predicted molar refractivity (Wildman–Crippen MR) is 104 cm³/mol. The summed E-state index contributed by atoms with van der Waals surface area (Å²) < 4.78 is 14.9. The van der Waals surface area contributed by atoms with Crippen LogP contribution in [0.5, 0.6) is 5.75 Å². The lowest BCUT2D eigenvalue weighted by molar-refractivity contribution is 0.296. The second kappa shape index (κ2) is 7.92. The van der Waals surface area contributed by atoms with Crippen molar-refractivity contribution in [3.05, 3.63) is 68.7 Å². The van der Waals surface area contributed by atoms with E-state index in [1.807, 2.05) is 0 Å². The Morgan fingerprint density at radius 3 is 2.86 bits per heavy atom. The minimum Gasteiger partial charge on any atom is -0.493 e. The van der Waals surface area contributed by atoms with Crippen molar-refractivity contribution in [3.63, 3.8) is 0 Å². The number of nitrogens with zero attached hydrogens (tertiary/aromatic N) is 6. The zero-order chi connectivity index (χ0) is 20.4. The standard InChI is InChI=1S/C18H17ClN6O4/c1-23-10-20-16-15(23)17(26)24(11-21-16)9-14-22-25(18(27)29-14)6-3-7-28-13-5-2-4-12(19)8-13/h2,4-5,8,10-11H,3,6-7,9H2,1H3. The van der Waals surface area contributed by atoms with E-state index in [1.54, 1.807) is 35.9 Å². The smallest absolute Gasteiger partial charge is 0.437 e. The number of imidazole rings is 1. The molecule has 4 aromatic rings. The Bertz CT molecular complexity index is 1270. The molecule has 3 heterocycles. The Kier molecular flexibility index (Phi) is 5.17. The van der Waals surface area contributed by atoms with Gasteiger partial charge in [-0.1, -0.05) is 17.7 Å². The molecule has 0 aliphatic heterocycles. The van der Waals surface area contributed by atoms with Crippen LogP contribution in [-0.2, 0) is 20.1 Å². The summed E-state index contributed by atoms with van der Waals surface area (Å²) in [6, 6.07) is 7.08. The Morgan fingerprint density at radius 2 is 2.03 bits per heavy atom. The van der Waals surface area contributed by atoms with Crippen molar-refractivity contribution < 1.29 is 9.15 Å². The van der Waals surface area contributed by atoms with Crippen LogP contribution in [0.15, 0.2) is 50.9 Å². The molecule has 0 atom stereocenters. The normalized spacial score (nSPS) is 11.2. The third-order valence-corrected chi connectivity index (χ3v) is 4.47. The highest BCUT2D eigenvalue weighted by Gasteiger charge is 2.13. The maximum atomic E-state index is 12.6. The molecule has 0 saturated carbocycles. The average molecular weight is 417 g/mol. The molecular formula is C18H17ClN6O4. The molecule has 10 nitrogen and oxygen atoms in total. The Hall–Kier alpha value is -3.40. The molecule has 0 fully saturated rings. The van der Waals surface area contributed by atoms with Gasteiger partial charge in [-0.2, -0.15) is 4.68 Å². The Balaban J connectivity index is 1.40. The summed E-state index contributed by atoms with van der Waals surface area (Å²) >= 11 is 5.91. The van der Waals surface area contributed by atoms with E-state index in [1.165, 1.54) is 21.9 Å². The van der Waals surface area contributed by atoms with Gasteiger partial charge in [0.2, 0.25) is 5.89 Å². The van der Waals surface area contributed by atoms with Crippen LogP contribution in [0.25, 0.3) is 11.2 Å². The van der Waals surface area contributed by atoms with Gasteiger partial charge in [-0.25, -0.2) is 14.8 Å². The minimum absolute atomic E-state index is 0.00575. The van der Waals surface area contributed by atoms with E-state index >= 15 is 0 Å². The maximum Gasteiger partial charge on any atom is 0.437 e. The lowest BCUT2D eigenvalue weighted by Gasteiger charge is -2.05. The second-order valence-electron chi connectivity index (χ2n) is 6.35. The number of fused-ring (bicyclic) bond motifs is 1. The number of ether oxygens (including phenoxy) is 1. The molecule has 0 radical (unpaired) electrons. The molecule has 0 spiro atoms. The zero-order valence-electron chi connectivity index (χ0n) is 15.5. The molecular weight excluding hydrogens is 400 g/mol. The number of aryl methyl sites for hydroxylation is 2. The molecule has 0 amide bonds. The summed E-state index contributed by atoms with van der Waals surface area (Å²) in [5.41, 5.74) is 0.440. The zero-order valence-corrected chi connectivity index (χ0v) is 16.2. The average Bonchev–Trinajstić information content (AvgIpc) is 3.24. The van der Waals surface area contributed by atoms with E-state index in [-0.39, 0.29) is 18.0 Å². The number of hydrogen-bond donors (Lipinski definition) is 0. The van der Waals surface area contributed by atoms with Crippen molar-refractivity contribution in [1.29, 1.82) is 0 Å². The maximum absolute atomic E-state index is 12.6.